The molecular weight excluding hydrogens is 293 g/mol. The van der Waals surface area contributed by atoms with Crippen LogP contribution in [0.25, 0.3) is 0 Å². The largest absolute Gasteiger partial charge is 0.481 e. The first-order valence-corrected chi connectivity index (χ1v) is 5.90. The second-order valence-corrected chi connectivity index (χ2v) is 4.55. The van der Waals surface area contributed by atoms with E-state index in [1.54, 1.807) is 0 Å². The molecule has 0 fully saturated rings. The Kier molecular flexibility index (Phi) is 3.87. The highest BCUT2D eigenvalue weighted by atomic mass is 35.5. The zero-order chi connectivity index (χ0) is 14.0. The van der Waals surface area contributed by atoms with E-state index in [2.05, 4.69) is 5.16 Å². The average molecular weight is 300 g/mol. The number of halogens is 2. The zero-order valence-corrected chi connectivity index (χ0v) is 10.9. The third-order valence-corrected chi connectivity index (χ3v) is 2.84. The molecule has 0 aliphatic rings. The molecule has 0 bridgehead atoms. The molecule has 0 atom stereocenters. The van der Waals surface area contributed by atoms with Crippen molar-refractivity contribution in [1.82, 2.24) is 5.16 Å². The number of rotatable bonds is 4. The Bertz CT molecular complexity index is 651. The third kappa shape index (κ3) is 3.13. The van der Waals surface area contributed by atoms with Crippen molar-refractivity contribution in [3.8, 4) is 0 Å². The Morgan fingerprint density at radius 2 is 2.00 bits per heavy atom. The normalized spacial score (nSPS) is 10.4. The van der Waals surface area contributed by atoms with Crippen molar-refractivity contribution < 1.29 is 19.2 Å². The molecule has 0 radical (unpaired) electrons. The number of aliphatic carboxylic acids is 1. The third-order valence-electron chi connectivity index (χ3n) is 2.29. The molecule has 0 unspecified atom stereocenters. The van der Waals surface area contributed by atoms with Crippen molar-refractivity contribution in [2.75, 3.05) is 0 Å². The summed E-state index contributed by atoms with van der Waals surface area (Å²) in [5.41, 5.74) is 0.224. The number of nitrogens with zero attached hydrogens (tertiary/aromatic N) is 1. The number of benzene rings is 1. The molecule has 2 rings (SSSR count). The predicted octanol–water partition coefficient (Wildman–Crippen LogP) is 2.84. The van der Waals surface area contributed by atoms with Crippen LogP contribution in [0.15, 0.2) is 28.8 Å². The van der Waals surface area contributed by atoms with Gasteiger partial charge in [-0.3, -0.25) is 9.59 Å². The van der Waals surface area contributed by atoms with Crippen LogP contribution in [0.4, 0.5) is 0 Å². The maximum Gasteiger partial charge on any atom is 0.311 e. The van der Waals surface area contributed by atoms with Gasteiger partial charge in [-0.05, 0) is 18.2 Å². The first-order valence-electron chi connectivity index (χ1n) is 5.14. The molecule has 19 heavy (non-hydrogen) atoms. The minimum absolute atomic E-state index is 0.000437. The van der Waals surface area contributed by atoms with Gasteiger partial charge in [0, 0.05) is 16.7 Å². The Hall–Kier alpha value is -1.85. The molecule has 0 saturated heterocycles. The Morgan fingerprint density at radius 1 is 1.26 bits per heavy atom. The molecule has 0 spiro atoms. The number of carboxylic acid groups (broad SMARTS) is 1. The van der Waals surface area contributed by atoms with Gasteiger partial charge in [-0.25, -0.2) is 0 Å². The Morgan fingerprint density at radius 3 is 2.63 bits per heavy atom. The smallest absolute Gasteiger partial charge is 0.311 e. The average Bonchev–Trinajstić information content (AvgIpc) is 2.75. The number of ketones is 1. The predicted molar refractivity (Wildman–Crippen MR) is 67.7 cm³/mol. The van der Waals surface area contributed by atoms with Crippen LogP contribution in [-0.4, -0.2) is 22.0 Å². The molecule has 7 heteroatoms. The summed E-state index contributed by atoms with van der Waals surface area (Å²) in [5, 5.41) is 12.7. The van der Waals surface area contributed by atoms with E-state index in [0.29, 0.717) is 5.02 Å². The zero-order valence-electron chi connectivity index (χ0n) is 9.39. The maximum absolute atomic E-state index is 12.1. The van der Waals surface area contributed by atoms with Crippen LogP contribution in [0, 0.1) is 0 Å². The second-order valence-electron chi connectivity index (χ2n) is 3.70. The van der Waals surface area contributed by atoms with Crippen LogP contribution >= 0.6 is 23.2 Å². The standard InChI is InChI=1S/C12H7Cl2NO4/c13-6-1-2-8(9(14)3-6)12(18)10-4-7(19-15-10)5-11(16)17/h1-4H,5H2,(H,16,17). The van der Waals surface area contributed by atoms with E-state index in [0.717, 1.165) is 0 Å². The lowest BCUT2D eigenvalue weighted by Crippen LogP contribution is -2.02. The van der Waals surface area contributed by atoms with Crippen LogP contribution in [0.5, 0.6) is 0 Å². The van der Waals surface area contributed by atoms with Crippen molar-refractivity contribution in [2.24, 2.45) is 0 Å². The molecule has 0 aliphatic carbocycles. The number of carboxylic acids is 1. The topological polar surface area (TPSA) is 80.4 Å². The fourth-order valence-electron chi connectivity index (χ4n) is 1.46. The first-order chi connectivity index (χ1) is 8.97. The van der Waals surface area contributed by atoms with Crippen LogP contribution in [-0.2, 0) is 11.2 Å². The lowest BCUT2D eigenvalue weighted by molar-refractivity contribution is -0.136. The summed E-state index contributed by atoms with van der Waals surface area (Å²) < 4.78 is 4.76. The van der Waals surface area contributed by atoms with Gasteiger partial charge < -0.3 is 9.63 Å². The van der Waals surface area contributed by atoms with Crippen LogP contribution in [0.2, 0.25) is 10.0 Å². The number of aromatic nitrogens is 1. The van der Waals surface area contributed by atoms with Gasteiger partial charge in [-0.1, -0.05) is 28.4 Å². The fraction of sp³-hybridized carbons (Fsp3) is 0.0833. The number of hydrogen-bond donors (Lipinski definition) is 1. The Balaban J connectivity index is 2.28. The van der Waals surface area contributed by atoms with E-state index in [-0.39, 0.29) is 28.5 Å². The van der Waals surface area contributed by atoms with Crippen LogP contribution < -0.4 is 0 Å². The van der Waals surface area contributed by atoms with Crippen molar-refractivity contribution >= 4 is 35.0 Å². The van der Waals surface area contributed by atoms with E-state index in [1.165, 1.54) is 24.3 Å². The molecule has 0 amide bonds. The summed E-state index contributed by atoms with van der Waals surface area (Å²) in [7, 11) is 0. The number of carbonyl (C=O) groups excluding carboxylic acids is 1. The van der Waals surface area contributed by atoms with Gasteiger partial charge in [0.05, 0.1) is 5.02 Å². The summed E-state index contributed by atoms with van der Waals surface area (Å²) in [6.07, 6.45) is -0.339. The van der Waals surface area contributed by atoms with Crippen molar-refractivity contribution in [1.29, 1.82) is 0 Å². The summed E-state index contributed by atoms with van der Waals surface area (Å²) >= 11 is 11.6. The van der Waals surface area contributed by atoms with Gasteiger partial charge in [0.15, 0.2) is 5.69 Å². The summed E-state index contributed by atoms with van der Waals surface area (Å²) in [6.45, 7) is 0. The minimum atomic E-state index is -1.07. The molecule has 1 aromatic heterocycles. The summed E-state index contributed by atoms with van der Waals surface area (Å²) in [5.74, 6) is -1.43. The summed E-state index contributed by atoms with van der Waals surface area (Å²) in [4.78, 5) is 22.6. The molecule has 0 saturated carbocycles. The van der Waals surface area contributed by atoms with Gasteiger partial charge in [0.2, 0.25) is 5.78 Å². The highest BCUT2D eigenvalue weighted by Gasteiger charge is 2.18. The van der Waals surface area contributed by atoms with Gasteiger partial charge in [0.25, 0.3) is 0 Å². The van der Waals surface area contributed by atoms with Crippen molar-refractivity contribution in [3.05, 3.63) is 51.3 Å². The van der Waals surface area contributed by atoms with Gasteiger partial charge >= 0.3 is 5.97 Å². The SMILES string of the molecule is O=C(O)Cc1cc(C(=O)c2ccc(Cl)cc2Cl)no1. The number of carbonyl (C=O) groups is 2. The van der Waals surface area contributed by atoms with Crippen LogP contribution in [0.1, 0.15) is 21.8 Å². The monoisotopic (exact) mass is 299 g/mol. The quantitative estimate of drug-likeness (QED) is 0.878. The van der Waals surface area contributed by atoms with Crippen molar-refractivity contribution in [3.63, 3.8) is 0 Å². The first kappa shape index (κ1) is 13.6. The molecule has 5 nitrogen and oxygen atoms in total. The molecule has 1 N–H and O–H groups in total. The molecule has 2 aromatic rings. The highest BCUT2D eigenvalue weighted by molar-refractivity contribution is 6.37. The molecule has 98 valence electrons. The van der Waals surface area contributed by atoms with E-state index in [1.807, 2.05) is 0 Å². The van der Waals surface area contributed by atoms with Crippen molar-refractivity contribution in [2.45, 2.75) is 6.42 Å². The molecule has 0 aliphatic heterocycles. The second kappa shape index (κ2) is 5.42. The van der Waals surface area contributed by atoms with E-state index < -0.39 is 11.8 Å². The van der Waals surface area contributed by atoms with E-state index in [4.69, 9.17) is 32.8 Å². The lowest BCUT2D eigenvalue weighted by Gasteiger charge is -2.00. The maximum atomic E-state index is 12.1. The number of hydrogen-bond acceptors (Lipinski definition) is 4. The molecule has 1 heterocycles. The van der Waals surface area contributed by atoms with Gasteiger partial charge in [-0.15, -0.1) is 0 Å². The van der Waals surface area contributed by atoms with Gasteiger partial charge in [0.1, 0.15) is 12.2 Å². The van der Waals surface area contributed by atoms with Crippen LogP contribution in [0.3, 0.4) is 0 Å². The van der Waals surface area contributed by atoms with Gasteiger partial charge in [-0.2, -0.15) is 0 Å². The highest BCUT2D eigenvalue weighted by Crippen LogP contribution is 2.23. The fourth-order valence-corrected chi connectivity index (χ4v) is 1.96. The van der Waals surface area contributed by atoms with E-state index in [9.17, 15) is 9.59 Å². The van der Waals surface area contributed by atoms with E-state index >= 15 is 0 Å². The minimum Gasteiger partial charge on any atom is -0.481 e. The summed E-state index contributed by atoms with van der Waals surface area (Å²) in [6, 6.07) is 5.72. The molecule has 1 aromatic carbocycles. The molecular formula is C12H7Cl2NO4. The lowest BCUT2D eigenvalue weighted by atomic mass is 10.1. The Labute approximate surface area is 117 Å².